The van der Waals surface area contributed by atoms with E-state index in [9.17, 15) is 4.79 Å². The fourth-order valence-corrected chi connectivity index (χ4v) is 3.36. The van der Waals surface area contributed by atoms with E-state index in [1.54, 1.807) is 25.6 Å². The third kappa shape index (κ3) is 5.54. The number of rotatable bonds is 8. The molecule has 1 amide bonds. The molecule has 2 aromatic heterocycles. The summed E-state index contributed by atoms with van der Waals surface area (Å²) in [6.07, 6.45) is 3.37. The molecule has 1 saturated heterocycles. The molecule has 0 radical (unpaired) electrons. The maximum Gasteiger partial charge on any atom is 0.269 e. The average molecular weight is 403 g/mol. The highest BCUT2D eigenvalue weighted by molar-refractivity contribution is 7.98. The number of nitrogens with zero attached hydrogens (tertiary/aromatic N) is 5. The number of pyridine rings is 1. The molecule has 9 nitrogen and oxygen atoms in total. The second-order valence-corrected chi connectivity index (χ2v) is 7.04. The van der Waals surface area contributed by atoms with Crippen LogP contribution in [-0.2, 0) is 6.54 Å². The van der Waals surface area contributed by atoms with Crippen LogP contribution in [0.4, 0.5) is 11.5 Å². The van der Waals surface area contributed by atoms with E-state index in [1.807, 2.05) is 19.1 Å². The predicted molar refractivity (Wildman–Crippen MR) is 112 cm³/mol. The Morgan fingerprint density at radius 2 is 2.00 bits per heavy atom. The minimum absolute atomic E-state index is 0.168. The molecule has 0 bridgehead atoms. The van der Waals surface area contributed by atoms with Crippen molar-refractivity contribution in [2.75, 3.05) is 49.4 Å². The lowest BCUT2D eigenvalue weighted by atomic mass is 10.2. The van der Waals surface area contributed by atoms with E-state index in [1.165, 1.54) is 12.1 Å². The van der Waals surface area contributed by atoms with Crippen LogP contribution in [-0.4, -0.2) is 65.5 Å². The zero-order chi connectivity index (χ0) is 19.8. The third-order valence-corrected chi connectivity index (χ3v) is 5.17. The molecule has 3 rings (SSSR count). The van der Waals surface area contributed by atoms with Gasteiger partial charge >= 0.3 is 0 Å². The zero-order valence-corrected chi connectivity index (χ0v) is 17.0. The minimum atomic E-state index is -0.168. The van der Waals surface area contributed by atoms with E-state index in [-0.39, 0.29) is 5.91 Å². The van der Waals surface area contributed by atoms with Gasteiger partial charge in [0.25, 0.3) is 5.91 Å². The van der Waals surface area contributed by atoms with Gasteiger partial charge in [0, 0.05) is 64.5 Å². The molecule has 1 aliphatic heterocycles. The Morgan fingerprint density at radius 1 is 1.18 bits per heavy atom. The Bertz CT molecular complexity index is 764. The Balaban J connectivity index is 1.50. The van der Waals surface area contributed by atoms with Crippen molar-refractivity contribution < 1.29 is 4.79 Å². The lowest BCUT2D eigenvalue weighted by Gasteiger charge is -2.35. The first-order chi connectivity index (χ1) is 13.7. The first-order valence-corrected chi connectivity index (χ1v) is 10.1. The van der Waals surface area contributed by atoms with Crippen molar-refractivity contribution in [2.45, 2.75) is 13.5 Å². The van der Waals surface area contributed by atoms with Crippen molar-refractivity contribution in [1.29, 1.82) is 0 Å². The quantitative estimate of drug-likeness (QED) is 0.443. The molecule has 0 atom stereocenters. The van der Waals surface area contributed by atoms with Crippen LogP contribution in [0.5, 0.6) is 0 Å². The molecule has 0 unspecified atom stereocenters. The molecule has 1 fully saturated rings. The van der Waals surface area contributed by atoms with E-state index >= 15 is 0 Å². The van der Waals surface area contributed by atoms with Crippen LogP contribution in [0.15, 0.2) is 30.7 Å². The zero-order valence-electron chi connectivity index (χ0n) is 16.2. The summed E-state index contributed by atoms with van der Waals surface area (Å²) in [7, 11) is 1.61. The molecule has 150 valence electrons. The smallest absolute Gasteiger partial charge is 0.269 e. The molecule has 0 aliphatic carbocycles. The van der Waals surface area contributed by atoms with Gasteiger partial charge in [0.15, 0.2) is 0 Å². The summed E-state index contributed by atoms with van der Waals surface area (Å²) in [5.74, 6) is 0.635. The van der Waals surface area contributed by atoms with Crippen molar-refractivity contribution in [3.63, 3.8) is 0 Å². The molecule has 0 saturated carbocycles. The molecule has 1 aliphatic rings. The first kappa shape index (κ1) is 20.3. The van der Waals surface area contributed by atoms with Gasteiger partial charge in [0.1, 0.15) is 17.8 Å². The van der Waals surface area contributed by atoms with Crippen LogP contribution >= 0.6 is 12.1 Å². The van der Waals surface area contributed by atoms with Crippen LogP contribution in [0, 0.1) is 0 Å². The fraction of sp³-hybridized carbons (Fsp3) is 0.444. The second-order valence-electron chi connectivity index (χ2n) is 6.34. The maximum atomic E-state index is 11.6. The summed E-state index contributed by atoms with van der Waals surface area (Å²) in [4.78, 5) is 29.2. The molecule has 10 heteroatoms. The lowest BCUT2D eigenvalue weighted by Crippen LogP contribution is -2.46. The summed E-state index contributed by atoms with van der Waals surface area (Å²) < 4.78 is 6.29. The number of hydrogen-bond donors (Lipinski definition) is 3. The van der Waals surface area contributed by atoms with Gasteiger partial charge in [-0.05, 0) is 12.1 Å². The fourth-order valence-electron chi connectivity index (χ4n) is 2.93. The molecule has 0 spiro atoms. The summed E-state index contributed by atoms with van der Waals surface area (Å²) in [6.45, 7) is 7.42. The standard InChI is InChI=1S/C18H26N8OS/c1-3-23-28-24-17-10-14(21-13-22-17)12-25-6-8-26(9-7-25)15-4-5-16(20-11-15)18(27)19-2/h4-5,10-11,13,23H,3,6-9,12H2,1-2H3,(H,19,27)(H,21,22,24). The van der Waals surface area contributed by atoms with Gasteiger partial charge in [-0.15, -0.1) is 0 Å². The van der Waals surface area contributed by atoms with Gasteiger partial charge in [0.2, 0.25) is 0 Å². The summed E-state index contributed by atoms with van der Waals surface area (Å²) in [5, 5.41) is 2.59. The highest BCUT2D eigenvalue weighted by Crippen LogP contribution is 2.17. The Morgan fingerprint density at radius 3 is 2.68 bits per heavy atom. The van der Waals surface area contributed by atoms with Gasteiger partial charge in [-0.2, -0.15) is 0 Å². The number of hydrogen-bond acceptors (Lipinski definition) is 9. The van der Waals surface area contributed by atoms with Crippen molar-refractivity contribution in [3.8, 4) is 0 Å². The van der Waals surface area contributed by atoms with E-state index in [2.05, 4.69) is 39.5 Å². The van der Waals surface area contributed by atoms with Crippen LogP contribution in [0.1, 0.15) is 23.1 Å². The lowest BCUT2D eigenvalue weighted by molar-refractivity contribution is 0.0958. The van der Waals surface area contributed by atoms with Crippen molar-refractivity contribution in [3.05, 3.63) is 42.1 Å². The van der Waals surface area contributed by atoms with E-state index < -0.39 is 0 Å². The number of anilines is 2. The largest absolute Gasteiger partial charge is 0.368 e. The summed E-state index contributed by atoms with van der Waals surface area (Å²) in [5.41, 5.74) is 2.48. The van der Waals surface area contributed by atoms with Crippen LogP contribution < -0.4 is 19.7 Å². The van der Waals surface area contributed by atoms with Gasteiger partial charge in [-0.25, -0.2) is 19.7 Å². The number of carbonyl (C=O) groups is 1. The first-order valence-electron chi connectivity index (χ1n) is 9.30. The highest BCUT2D eigenvalue weighted by Gasteiger charge is 2.18. The topological polar surface area (TPSA) is 98.3 Å². The molecule has 3 N–H and O–H groups in total. The maximum absolute atomic E-state index is 11.6. The Kier molecular flexibility index (Phi) is 7.40. The minimum Gasteiger partial charge on any atom is -0.368 e. The number of carbonyl (C=O) groups excluding carboxylic acids is 1. The van der Waals surface area contributed by atoms with Crippen molar-refractivity contribution >= 4 is 29.5 Å². The number of piperazine rings is 1. The Hall–Kier alpha value is -2.43. The highest BCUT2D eigenvalue weighted by atomic mass is 32.2. The molecule has 0 aromatic carbocycles. The average Bonchev–Trinajstić information content (AvgIpc) is 2.74. The van der Waals surface area contributed by atoms with Crippen LogP contribution in [0.3, 0.4) is 0 Å². The van der Waals surface area contributed by atoms with Crippen LogP contribution in [0.25, 0.3) is 0 Å². The van der Waals surface area contributed by atoms with E-state index in [0.29, 0.717) is 5.69 Å². The second kappa shape index (κ2) is 10.2. The summed E-state index contributed by atoms with van der Waals surface area (Å²) >= 11 is 1.42. The molecule has 28 heavy (non-hydrogen) atoms. The monoisotopic (exact) mass is 402 g/mol. The number of amides is 1. The normalized spacial score (nSPS) is 14.7. The van der Waals surface area contributed by atoms with E-state index in [0.717, 1.165) is 56.5 Å². The van der Waals surface area contributed by atoms with Gasteiger partial charge in [0.05, 0.1) is 17.6 Å². The summed E-state index contributed by atoms with van der Waals surface area (Å²) in [6, 6.07) is 5.71. The third-order valence-electron chi connectivity index (χ3n) is 4.43. The van der Waals surface area contributed by atoms with Crippen molar-refractivity contribution in [2.24, 2.45) is 0 Å². The van der Waals surface area contributed by atoms with Gasteiger partial charge < -0.3 is 14.9 Å². The molecular formula is C18H26N8OS. The van der Waals surface area contributed by atoms with Crippen LogP contribution in [0.2, 0.25) is 0 Å². The van der Waals surface area contributed by atoms with Gasteiger partial charge in [-0.3, -0.25) is 9.69 Å². The number of aromatic nitrogens is 3. The molecular weight excluding hydrogens is 376 g/mol. The molecule has 3 heterocycles. The molecule has 2 aromatic rings. The SMILES string of the molecule is CCNSNc1cc(CN2CCN(c3ccc(C(=O)NC)nc3)CC2)ncn1. The Labute approximate surface area is 169 Å². The van der Waals surface area contributed by atoms with Gasteiger partial charge in [-0.1, -0.05) is 6.92 Å². The van der Waals surface area contributed by atoms with Crippen molar-refractivity contribution in [1.82, 2.24) is 29.9 Å². The van der Waals surface area contributed by atoms with E-state index in [4.69, 9.17) is 0 Å². The number of nitrogens with one attached hydrogen (secondary N) is 3. The predicted octanol–water partition coefficient (Wildman–Crippen LogP) is 1.14.